The summed E-state index contributed by atoms with van der Waals surface area (Å²) < 4.78 is 32.4. The van der Waals surface area contributed by atoms with Crippen molar-refractivity contribution in [3.63, 3.8) is 0 Å². The molecule has 10 nitrogen and oxygen atoms in total. The number of hydrogen-bond donors (Lipinski definition) is 3. The summed E-state index contributed by atoms with van der Waals surface area (Å²) in [7, 11) is 0. The Hall–Kier alpha value is -3.67. The summed E-state index contributed by atoms with van der Waals surface area (Å²) in [6.45, 7) is -0.387. The lowest BCUT2D eigenvalue weighted by Crippen LogP contribution is -2.48. The predicted octanol–water partition coefficient (Wildman–Crippen LogP) is 1.42. The minimum atomic E-state index is -0.710. The number of esters is 1. The number of aliphatic hydroxyl groups is 1. The second-order valence-electron chi connectivity index (χ2n) is 7.43. The Bertz CT molecular complexity index is 1010. The van der Waals surface area contributed by atoms with Gasteiger partial charge < -0.3 is 25.3 Å². The lowest BCUT2D eigenvalue weighted by Gasteiger charge is -2.31. The van der Waals surface area contributed by atoms with Crippen molar-refractivity contribution in [1.29, 1.82) is 5.41 Å². The molecule has 1 aliphatic heterocycles. The Morgan fingerprint density at radius 3 is 2.70 bits per heavy atom. The van der Waals surface area contributed by atoms with Crippen LogP contribution in [-0.4, -0.2) is 65.6 Å². The molecule has 33 heavy (non-hydrogen) atoms. The molecule has 2 heterocycles. The van der Waals surface area contributed by atoms with E-state index in [1.807, 2.05) is 4.90 Å². The van der Waals surface area contributed by atoms with Crippen LogP contribution in [0.2, 0.25) is 0 Å². The van der Waals surface area contributed by atoms with Crippen molar-refractivity contribution in [2.24, 2.45) is 16.8 Å². The quantitative estimate of drug-likeness (QED) is 0.197. The number of hydrogen-bond acceptors (Lipinski definition) is 9. The molecular weight excluding hydrogens is 438 g/mol. The number of halogens is 2. The molecule has 1 fully saturated rings. The van der Waals surface area contributed by atoms with E-state index in [0.29, 0.717) is 24.6 Å². The summed E-state index contributed by atoms with van der Waals surface area (Å²) in [5, 5.41) is 19.9. The molecule has 1 saturated heterocycles. The highest BCUT2D eigenvalue weighted by Crippen LogP contribution is 2.26. The molecule has 1 aromatic heterocycles. The van der Waals surface area contributed by atoms with Crippen molar-refractivity contribution < 1.29 is 28.3 Å². The van der Waals surface area contributed by atoms with Gasteiger partial charge in [0.25, 0.3) is 0 Å². The molecule has 1 unspecified atom stereocenters. The van der Waals surface area contributed by atoms with E-state index < -0.39 is 24.4 Å². The Kier molecular flexibility index (Phi) is 8.19. The Balaban J connectivity index is 1.57. The van der Waals surface area contributed by atoms with Gasteiger partial charge in [0.15, 0.2) is 0 Å². The Labute approximate surface area is 188 Å². The molecule has 3 rings (SSSR count). The number of nitrogens with two attached hydrogens (primary N) is 1. The maximum absolute atomic E-state index is 14.9. The Morgan fingerprint density at radius 2 is 2.06 bits per heavy atom. The number of carbonyl (C=O) groups excluding carboxylic acids is 1. The molecule has 176 valence electrons. The van der Waals surface area contributed by atoms with Crippen LogP contribution >= 0.6 is 0 Å². The van der Waals surface area contributed by atoms with Crippen molar-refractivity contribution in [3.8, 4) is 11.1 Å². The van der Waals surface area contributed by atoms with E-state index in [-0.39, 0.29) is 43.2 Å². The first kappa shape index (κ1) is 24.0. The second-order valence-corrected chi connectivity index (χ2v) is 7.43. The summed E-state index contributed by atoms with van der Waals surface area (Å²) >= 11 is 0. The van der Waals surface area contributed by atoms with Gasteiger partial charge in [-0.05, 0) is 0 Å². The number of nitrogens with zero attached hydrogens (tertiary/aromatic N) is 4. The zero-order valence-electron chi connectivity index (χ0n) is 17.7. The molecular formula is C21H24F2N6O4. The van der Waals surface area contributed by atoms with Crippen molar-refractivity contribution in [1.82, 2.24) is 9.97 Å². The van der Waals surface area contributed by atoms with Crippen molar-refractivity contribution in [3.05, 3.63) is 42.0 Å². The standard InChI is InChI=1S/C21H24F2N6O4/c22-5-13(10-30)11-33-28-16-8-29(9-16)21-26-6-15(7-27-21)17-3-1-2-14(20(17)23)12-32-19(31)4-18(24)25/h1-3,6-7,13,30H,4-5,8-12H2,(H3,24,25). The molecule has 0 amide bonds. The van der Waals surface area contributed by atoms with Crippen LogP contribution in [0.5, 0.6) is 0 Å². The monoisotopic (exact) mass is 462 g/mol. The van der Waals surface area contributed by atoms with Crippen molar-refractivity contribution in [2.45, 2.75) is 13.0 Å². The molecule has 1 aliphatic rings. The van der Waals surface area contributed by atoms with Crippen LogP contribution in [0.3, 0.4) is 0 Å². The predicted molar refractivity (Wildman–Crippen MR) is 116 cm³/mol. The van der Waals surface area contributed by atoms with E-state index in [2.05, 4.69) is 15.1 Å². The van der Waals surface area contributed by atoms with Crippen LogP contribution in [-0.2, 0) is 21.0 Å². The summed E-state index contributed by atoms with van der Waals surface area (Å²) in [5.41, 5.74) is 6.76. The van der Waals surface area contributed by atoms with Gasteiger partial charge in [-0.15, -0.1) is 0 Å². The maximum atomic E-state index is 14.9. The highest BCUT2D eigenvalue weighted by molar-refractivity contribution is 5.98. The third-order valence-electron chi connectivity index (χ3n) is 4.76. The average Bonchev–Trinajstić information content (AvgIpc) is 2.77. The summed E-state index contributed by atoms with van der Waals surface area (Å²) in [6.07, 6.45) is 2.63. The fourth-order valence-corrected chi connectivity index (χ4v) is 2.88. The third-order valence-corrected chi connectivity index (χ3v) is 4.76. The van der Waals surface area contributed by atoms with E-state index >= 15 is 0 Å². The van der Waals surface area contributed by atoms with Crippen LogP contribution in [0.4, 0.5) is 14.7 Å². The highest BCUT2D eigenvalue weighted by atomic mass is 19.1. The van der Waals surface area contributed by atoms with Crippen molar-refractivity contribution >= 4 is 23.5 Å². The zero-order valence-corrected chi connectivity index (χ0v) is 17.7. The fourth-order valence-electron chi connectivity index (χ4n) is 2.88. The summed E-state index contributed by atoms with van der Waals surface area (Å²) in [5.74, 6) is -1.75. The van der Waals surface area contributed by atoms with Crippen LogP contribution < -0.4 is 10.6 Å². The number of alkyl halides is 1. The first-order valence-electron chi connectivity index (χ1n) is 10.1. The number of anilines is 1. The summed E-state index contributed by atoms with van der Waals surface area (Å²) in [4.78, 5) is 27.0. The van der Waals surface area contributed by atoms with Crippen LogP contribution in [0, 0.1) is 17.1 Å². The van der Waals surface area contributed by atoms with Crippen molar-refractivity contribution in [2.75, 3.05) is 37.9 Å². The molecule has 0 radical (unpaired) electrons. The minimum Gasteiger partial charge on any atom is -0.460 e. The van der Waals surface area contributed by atoms with Gasteiger partial charge in [-0.2, -0.15) is 0 Å². The first-order valence-corrected chi connectivity index (χ1v) is 10.1. The normalized spacial score (nSPS) is 13.8. The van der Waals surface area contributed by atoms with Gasteiger partial charge in [-0.3, -0.25) is 14.6 Å². The lowest BCUT2D eigenvalue weighted by atomic mass is 10.1. The van der Waals surface area contributed by atoms with Gasteiger partial charge >= 0.3 is 5.97 Å². The second kappa shape index (κ2) is 11.3. The molecule has 0 spiro atoms. The number of carbonyl (C=O) groups is 1. The van der Waals surface area contributed by atoms with E-state index in [1.54, 1.807) is 12.1 Å². The van der Waals surface area contributed by atoms with Gasteiger partial charge in [0.2, 0.25) is 5.95 Å². The number of oxime groups is 1. The van der Waals surface area contributed by atoms with Crippen LogP contribution in [0.25, 0.3) is 11.1 Å². The molecule has 1 aromatic carbocycles. The number of aromatic nitrogens is 2. The fraction of sp³-hybridized carbons (Fsp3) is 0.381. The van der Waals surface area contributed by atoms with Gasteiger partial charge in [0.05, 0.1) is 32.1 Å². The molecule has 4 N–H and O–H groups in total. The van der Waals surface area contributed by atoms with Gasteiger partial charge in [-0.1, -0.05) is 23.4 Å². The Morgan fingerprint density at radius 1 is 1.33 bits per heavy atom. The topological polar surface area (TPSA) is 147 Å². The van der Waals surface area contributed by atoms with E-state index in [4.69, 9.17) is 25.8 Å². The number of nitrogens with one attached hydrogen (secondary N) is 1. The molecule has 0 saturated carbocycles. The van der Waals surface area contributed by atoms with Crippen LogP contribution in [0.15, 0.2) is 35.7 Å². The maximum Gasteiger partial charge on any atom is 0.313 e. The van der Waals surface area contributed by atoms with E-state index in [9.17, 15) is 13.6 Å². The largest absolute Gasteiger partial charge is 0.460 e. The van der Waals surface area contributed by atoms with Gasteiger partial charge in [0.1, 0.15) is 31.3 Å². The number of ether oxygens (including phenoxy) is 1. The number of amidine groups is 1. The third kappa shape index (κ3) is 6.42. The average molecular weight is 462 g/mol. The van der Waals surface area contributed by atoms with Gasteiger partial charge in [-0.25, -0.2) is 14.4 Å². The molecule has 2 aromatic rings. The molecule has 12 heteroatoms. The van der Waals surface area contributed by atoms with E-state index in [1.165, 1.54) is 18.5 Å². The minimum absolute atomic E-state index is 0.00224. The van der Waals surface area contributed by atoms with Gasteiger partial charge in [0, 0.05) is 35.0 Å². The molecule has 0 bridgehead atoms. The molecule has 0 aliphatic carbocycles. The number of benzene rings is 1. The highest BCUT2D eigenvalue weighted by Gasteiger charge is 2.25. The lowest BCUT2D eigenvalue weighted by molar-refractivity contribution is -0.143. The SMILES string of the molecule is N=C(N)CC(=O)OCc1cccc(-c2cnc(N3CC(=NOCC(CO)CF)C3)nc2)c1F. The van der Waals surface area contributed by atoms with Crippen LogP contribution in [0.1, 0.15) is 12.0 Å². The number of aliphatic hydroxyl groups excluding tert-OH is 1. The van der Waals surface area contributed by atoms with E-state index in [0.717, 1.165) is 5.71 Å². The molecule has 1 atom stereocenters. The zero-order chi connectivity index (χ0) is 23.8. The summed E-state index contributed by atoms with van der Waals surface area (Å²) in [6, 6.07) is 4.69. The number of rotatable bonds is 11. The smallest absolute Gasteiger partial charge is 0.313 e. The first-order chi connectivity index (χ1) is 15.9.